The fourth-order valence-electron chi connectivity index (χ4n) is 4.05. The maximum absolute atomic E-state index is 13.5. The summed E-state index contributed by atoms with van der Waals surface area (Å²) in [6.07, 6.45) is 1.96. The van der Waals surface area contributed by atoms with Crippen molar-refractivity contribution in [3.63, 3.8) is 0 Å². The molecular formula is C27H31N3O4S. The lowest BCUT2D eigenvalue weighted by Gasteiger charge is -2.26. The smallest absolute Gasteiger partial charge is 0.261 e. The molecule has 1 aliphatic rings. The van der Waals surface area contributed by atoms with Crippen molar-refractivity contribution in [1.82, 2.24) is 4.90 Å². The molecule has 1 fully saturated rings. The molecule has 4 rings (SSSR count). The summed E-state index contributed by atoms with van der Waals surface area (Å²) in [4.78, 5) is 17.5. The van der Waals surface area contributed by atoms with Crippen molar-refractivity contribution < 1.29 is 17.9 Å². The predicted molar refractivity (Wildman–Crippen MR) is 138 cm³/mol. The highest BCUT2D eigenvalue weighted by molar-refractivity contribution is 7.92. The number of ether oxygens (including phenoxy) is 1. The van der Waals surface area contributed by atoms with Gasteiger partial charge in [0.15, 0.2) is 0 Å². The van der Waals surface area contributed by atoms with Crippen molar-refractivity contribution in [2.75, 3.05) is 36.9 Å². The average molecular weight is 494 g/mol. The standard InChI is InChI=1S/C27H31N3O4S/c1-29(2)24-16-10-21(11-17-24)19-30(20-25-7-6-18-34-25)27(31)22-12-14-23(15-13-22)28-35(32,33)26-8-4-3-5-9-26/h3-5,8-17,25,28H,6-7,18-20H2,1-2H3. The third kappa shape index (κ3) is 6.41. The number of carbonyl (C=O) groups excluding carboxylic acids is 1. The Bertz CT molecular complexity index is 1220. The van der Waals surface area contributed by atoms with E-state index in [0.717, 1.165) is 30.7 Å². The summed E-state index contributed by atoms with van der Waals surface area (Å²) in [6.45, 7) is 1.70. The van der Waals surface area contributed by atoms with Crippen LogP contribution in [0.25, 0.3) is 0 Å². The summed E-state index contributed by atoms with van der Waals surface area (Å²) in [5.74, 6) is -0.116. The van der Waals surface area contributed by atoms with Crippen LogP contribution in [0.4, 0.5) is 11.4 Å². The molecule has 1 heterocycles. The molecule has 0 saturated carbocycles. The van der Waals surface area contributed by atoms with Gasteiger partial charge in [0.25, 0.3) is 15.9 Å². The van der Waals surface area contributed by atoms with E-state index in [2.05, 4.69) is 4.72 Å². The maximum Gasteiger partial charge on any atom is 0.261 e. The first-order valence-corrected chi connectivity index (χ1v) is 13.2. The number of benzene rings is 3. The van der Waals surface area contributed by atoms with Gasteiger partial charge in [-0.25, -0.2) is 8.42 Å². The maximum atomic E-state index is 13.5. The number of sulfonamides is 1. The highest BCUT2D eigenvalue weighted by atomic mass is 32.2. The van der Waals surface area contributed by atoms with E-state index in [9.17, 15) is 13.2 Å². The largest absolute Gasteiger partial charge is 0.378 e. The van der Waals surface area contributed by atoms with Crippen molar-refractivity contribution >= 4 is 27.3 Å². The summed E-state index contributed by atoms with van der Waals surface area (Å²) >= 11 is 0. The van der Waals surface area contributed by atoms with E-state index in [1.807, 2.05) is 48.2 Å². The van der Waals surface area contributed by atoms with Gasteiger partial charge in [-0.1, -0.05) is 30.3 Å². The summed E-state index contributed by atoms with van der Waals surface area (Å²) in [5.41, 5.74) is 3.03. The van der Waals surface area contributed by atoms with Crippen LogP contribution in [0.2, 0.25) is 0 Å². The molecule has 3 aromatic rings. The number of carbonyl (C=O) groups is 1. The lowest BCUT2D eigenvalue weighted by atomic mass is 10.1. The van der Waals surface area contributed by atoms with E-state index in [-0.39, 0.29) is 16.9 Å². The molecule has 1 unspecified atom stereocenters. The second-order valence-electron chi connectivity index (χ2n) is 8.88. The first-order chi connectivity index (χ1) is 16.8. The monoisotopic (exact) mass is 493 g/mol. The summed E-state index contributed by atoms with van der Waals surface area (Å²) in [7, 11) is 0.290. The van der Waals surface area contributed by atoms with Crippen molar-refractivity contribution in [2.45, 2.75) is 30.4 Å². The van der Waals surface area contributed by atoms with Crippen LogP contribution in [0.1, 0.15) is 28.8 Å². The molecule has 0 bridgehead atoms. The van der Waals surface area contributed by atoms with E-state index >= 15 is 0 Å². The zero-order chi connectivity index (χ0) is 24.8. The third-order valence-corrected chi connectivity index (χ3v) is 7.40. The zero-order valence-electron chi connectivity index (χ0n) is 20.1. The van der Waals surface area contributed by atoms with Gasteiger partial charge in [-0.3, -0.25) is 9.52 Å². The lowest BCUT2D eigenvalue weighted by Crippen LogP contribution is -2.37. The Morgan fingerprint density at radius 2 is 1.66 bits per heavy atom. The molecule has 0 spiro atoms. The molecule has 8 heteroatoms. The second kappa shape index (κ2) is 10.9. The molecule has 1 atom stereocenters. The summed E-state index contributed by atoms with van der Waals surface area (Å²) in [5, 5.41) is 0. The first kappa shape index (κ1) is 24.8. The topological polar surface area (TPSA) is 79.0 Å². The highest BCUT2D eigenvalue weighted by Crippen LogP contribution is 2.21. The predicted octanol–water partition coefficient (Wildman–Crippen LogP) is 4.37. The van der Waals surface area contributed by atoms with Crippen LogP contribution in [0.15, 0.2) is 83.8 Å². The Morgan fingerprint density at radius 1 is 0.971 bits per heavy atom. The molecule has 1 N–H and O–H groups in total. The van der Waals surface area contributed by atoms with Gasteiger partial charge >= 0.3 is 0 Å². The SMILES string of the molecule is CN(C)c1ccc(CN(CC2CCCO2)C(=O)c2ccc(NS(=O)(=O)c3ccccc3)cc2)cc1. The van der Waals surface area contributed by atoms with Crippen LogP contribution < -0.4 is 9.62 Å². The Labute approximate surface area is 207 Å². The molecule has 0 radical (unpaired) electrons. The van der Waals surface area contributed by atoms with Crippen molar-refractivity contribution in [2.24, 2.45) is 0 Å². The minimum Gasteiger partial charge on any atom is -0.378 e. The second-order valence-corrected chi connectivity index (χ2v) is 10.6. The van der Waals surface area contributed by atoms with Crippen LogP contribution in [0.3, 0.4) is 0 Å². The Kier molecular flexibility index (Phi) is 7.73. The lowest BCUT2D eigenvalue weighted by molar-refractivity contribution is 0.0507. The Balaban J connectivity index is 1.49. The van der Waals surface area contributed by atoms with E-state index in [0.29, 0.717) is 24.3 Å². The molecule has 3 aromatic carbocycles. The van der Waals surface area contributed by atoms with Gasteiger partial charge in [0.1, 0.15) is 0 Å². The van der Waals surface area contributed by atoms with Crippen molar-refractivity contribution in [3.05, 3.63) is 90.0 Å². The molecule has 0 aliphatic carbocycles. The van der Waals surface area contributed by atoms with Gasteiger partial charge in [-0.2, -0.15) is 0 Å². The molecule has 1 saturated heterocycles. The molecule has 1 aliphatic heterocycles. The number of nitrogens with one attached hydrogen (secondary N) is 1. The van der Waals surface area contributed by atoms with Crippen LogP contribution in [0.5, 0.6) is 0 Å². The quantitative estimate of drug-likeness (QED) is 0.479. The van der Waals surface area contributed by atoms with Crippen molar-refractivity contribution in [3.8, 4) is 0 Å². The van der Waals surface area contributed by atoms with Gasteiger partial charge in [0.2, 0.25) is 0 Å². The number of hydrogen-bond donors (Lipinski definition) is 1. The normalized spacial score (nSPS) is 15.5. The van der Waals surface area contributed by atoms with Gasteiger partial charge < -0.3 is 14.5 Å². The third-order valence-electron chi connectivity index (χ3n) is 6.00. The van der Waals surface area contributed by atoms with Gasteiger partial charge in [0.05, 0.1) is 11.0 Å². The summed E-state index contributed by atoms with van der Waals surface area (Å²) < 4.78 is 33.5. The van der Waals surface area contributed by atoms with E-state index in [1.54, 1.807) is 42.5 Å². The average Bonchev–Trinajstić information content (AvgIpc) is 3.37. The number of rotatable bonds is 9. The van der Waals surface area contributed by atoms with E-state index in [1.165, 1.54) is 12.1 Å². The highest BCUT2D eigenvalue weighted by Gasteiger charge is 2.24. The van der Waals surface area contributed by atoms with Crippen LogP contribution in [-0.4, -0.2) is 52.6 Å². The first-order valence-electron chi connectivity index (χ1n) is 11.7. The molecule has 0 aromatic heterocycles. The Hall–Kier alpha value is -3.36. The molecule has 1 amide bonds. The fourth-order valence-corrected chi connectivity index (χ4v) is 5.13. The van der Waals surface area contributed by atoms with Crippen LogP contribution in [0, 0.1) is 0 Å². The van der Waals surface area contributed by atoms with Crippen LogP contribution in [-0.2, 0) is 21.3 Å². The Morgan fingerprint density at radius 3 is 2.26 bits per heavy atom. The van der Waals surface area contributed by atoms with Crippen LogP contribution >= 0.6 is 0 Å². The van der Waals surface area contributed by atoms with Gasteiger partial charge in [-0.05, 0) is 66.9 Å². The summed E-state index contributed by atoms with van der Waals surface area (Å²) in [6, 6.07) is 22.9. The number of amides is 1. The van der Waals surface area contributed by atoms with E-state index in [4.69, 9.17) is 4.74 Å². The molecular weight excluding hydrogens is 462 g/mol. The van der Waals surface area contributed by atoms with Gasteiger partial charge in [0, 0.05) is 50.7 Å². The molecule has 7 nitrogen and oxygen atoms in total. The van der Waals surface area contributed by atoms with Gasteiger partial charge in [-0.15, -0.1) is 0 Å². The fraction of sp³-hybridized carbons (Fsp3) is 0.296. The number of nitrogens with zero attached hydrogens (tertiary/aromatic N) is 2. The zero-order valence-corrected chi connectivity index (χ0v) is 20.9. The molecule has 35 heavy (non-hydrogen) atoms. The van der Waals surface area contributed by atoms with E-state index < -0.39 is 10.0 Å². The number of hydrogen-bond acceptors (Lipinski definition) is 5. The number of anilines is 2. The minimum atomic E-state index is -3.69. The minimum absolute atomic E-state index is 0.0250. The molecule has 184 valence electrons. The van der Waals surface area contributed by atoms with Crippen molar-refractivity contribution in [1.29, 1.82) is 0 Å².